The molecule has 0 radical (unpaired) electrons. The minimum Gasteiger partial charge on any atom is -0.377 e. The van der Waals surface area contributed by atoms with Gasteiger partial charge in [-0.1, -0.05) is 12.1 Å². The molecule has 0 aromatic heterocycles. The number of benzene rings is 1. The van der Waals surface area contributed by atoms with Gasteiger partial charge in [0.05, 0.1) is 30.8 Å². The molecule has 1 aliphatic heterocycles. The first-order chi connectivity index (χ1) is 8.27. The maximum atomic E-state index is 10.8. The van der Waals surface area contributed by atoms with Gasteiger partial charge in [-0.2, -0.15) is 0 Å². The Labute approximate surface area is 98.7 Å². The normalized spacial score (nSPS) is 19.9. The van der Waals surface area contributed by atoms with Gasteiger partial charge in [-0.25, -0.2) is 0 Å². The van der Waals surface area contributed by atoms with E-state index in [1.165, 1.54) is 6.07 Å². The Morgan fingerprint density at radius 2 is 2.24 bits per heavy atom. The molecule has 1 heterocycles. The van der Waals surface area contributed by atoms with E-state index in [4.69, 9.17) is 9.47 Å². The first-order valence-corrected chi connectivity index (χ1v) is 5.44. The molecule has 1 aromatic carbocycles. The Balaban J connectivity index is 1.96. The molecule has 2 rings (SSSR count). The number of nitro benzene ring substituents is 1. The third-order valence-electron chi connectivity index (χ3n) is 2.51. The predicted molar refractivity (Wildman–Crippen MR) is 62.1 cm³/mol. The Hall–Kier alpha value is -1.66. The largest absolute Gasteiger partial charge is 0.377 e. The summed E-state index contributed by atoms with van der Waals surface area (Å²) in [6, 6.07) is 6.56. The van der Waals surface area contributed by atoms with Gasteiger partial charge in [-0.05, 0) is 6.07 Å². The van der Waals surface area contributed by atoms with Gasteiger partial charge in [0.1, 0.15) is 5.69 Å². The highest BCUT2D eigenvalue weighted by atomic mass is 16.6. The van der Waals surface area contributed by atoms with Gasteiger partial charge in [0.15, 0.2) is 0 Å². The van der Waals surface area contributed by atoms with Crippen LogP contribution in [0.2, 0.25) is 0 Å². The van der Waals surface area contributed by atoms with Crippen LogP contribution in [0.5, 0.6) is 0 Å². The van der Waals surface area contributed by atoms with Crippen molar-refractivity contribution in [2.45, 2.75) is 6.10 Å². The molecule has 0 spiro atoms. The molecule has 0 amide bonds. The van der Waals surface area contributed by atoms with E-state index in [0.717, 1.165) is 0 Å². The summed E-state index contributed by atoms with van der Waals surface area (Å²) in [6.07, 6.45) is -0.0523. The number of hydrogen-bond donors (Lipinski definition) is 1. The Morgan fingerprint density at radius 1 is 1.41 bits per heavy atom. The van der Waals surface area contributed by atoms with Crippen LogP contribution in [0.1, 0.15) is 0 Å². The summed E-state index contributed by atoms with van der Waals surface area (Å²) in [5.74, 6) is 0. The number of nitrogens with zero attached hydrogens (tertiary/aromatic N) is 1. The lowest BCUT2D eigenvalue weighted by molar-refractivity contribution is -0.384. The van der Waals surface area contributed by atoms with E-state index in [1.54, 1.807) is 18.2 Å². The first kappa shape index (κ1) is 11.8. The zero-order valence-corrected chi connectivity index (χ0v) is 9.30. The summed E-state index contributed by atoms with van der Waals surface area (Å²) in [6.45, 7) is 2.21. The molecule has 0 saturated carbocycles. The van der Waals surface area contributed by atoms with Gasteiger partial charge in [0.2, 0.25) is 0 Å². The number of rotatable bonds is 4. The first-order valence-electron chi connectivity index (χ1n) is 5.44. The van der Waals surface area contributed by atoms with E-state index in [0.29, 0.717) is 32.1 Å². The number of nitro groups is 1. The van der Waals surface area contributed by atoms with Crippen molar-refractivity contribution in [2.24, 2.45) is 0 Å². The molecule has 92 valence electrons. The molecule has 1 fully saturated rings. The average Bonchev–Trinajstić information content (AvgIpc) is 2.38. The van der Waals surface area contributed by atoms with Crippen LogP contribution in [0.3, 0.4) is 0 Å². The lowest BCUT2D eigenvalue weighted by Gasteiger charge is -2.23. The Kier molecular flexibility index (Phi) is 3.89. The van der Waals surface area contributed by atoms with Crippen LogP contribution in [-0.2, 0) is 9.47 Å². The molecule has 1 atom stereocenters. The number of para-hydroxylation sites is 2. The van der Waals surface area contributed by atoms with Crippen molar-refractivity contribution in [2.75, 3.05) is 31.7 Å². The van der Waals surface area contributed by atoms with Gasteiger partial charge in [-0.3, -0.25) is 10.1 Å². The third-order valence-corrected chi connectivity index (χ3v) is 2.51. The highest BCUT2D eigenvalue weighted by Crippen LogP contribution is 2.23. The van der Waals surface area contributed by atoms with Gasteiger partial charge < -0.3 is 14.8 Å². The summed E-state index contributed by atoms with van der Waals surface area (Å²) in [7, 11) is 0. The van der Waals surface area contributed by atoms with Crippen LogP contribution >= 0.6 is 0 Å². The van der Waals surface area contributed by atoms with E-state index in [1.807, 2.05) is 0 Å². The fourth-order valence-electron chi connectivity index (χ4n) is 1.66. The van der Waals surface area contributed by atoms with Crippen molar-refractivity contribution in [1.29, 1.82) is 0 Å². The minimum absolute atomic E-state index is 0.0523. The third kappa shape index (κ3) is 3.15. The summed E-state index contributed by atoms with van der Waals surface area (Å²) >= 11 is 0. The zero-order valence-electron chi connectivity index (χ0n) is 9.30. The molecule has 1 saturated heterocycles. The van der Waals surface area contributed by atoms with Crippen LogP contribution in [0, 0.1) is 10.1 Å². The van der Waals surface area contributed by atoms with Gasteiger partial charge in [0, 0.05) is 12.6 Å². The molecular weight excluding hydrogens is 224 g/mol. The summed E-state index contributed by atoms with van der Waals surface area (Å²) in [5.41, 5.74) is 0.580. The van der Waals surface area contributed by atoms with Crippen LogP contribution in [0.15, 0.2) is 24.3 Å². The van der Waals surface area contributed by atoms with E-state index in [2.05, 4.69) is 5.32 Å². The molecule has 6 nitrogen and oxygen atoms in total. The number of hydrogen-bond acceptors (Lipinski definition) is 5. The molecule has 1 aromatic rings. The molecule has 17 heavy (non-hydrogen) atoms. The van der Waals surface area contributed by atoms with Gasteiger partial charge in [0.25, 0.3) is 5.69 Å². The van der Waals surface area contributed by atoms with Crippen LogP contribution in [0.4, 0.5) is 11.4 Å². The highest BCUT2D eigenvalue weighted by Gasteiger charge is 2.17. The minimum atomic E-state index is -0.402. The maximum absolute atomic E-state index is 10.8. The molecule has 0 unspecified atom stereocenters. The van der Waals surface area contributed by atoms with Crippen LogP contribution in [-0.4, -0.2) is 37.4 Å². The molecule has 0 bridgehead atoms. The average molecular weight is 238 g/mol. The summed E-state index contributed by atoms with van der Waals surface area (Å²) in [4.78, 5) is 10.4. The second kappa shape index (κ2) is 5.60. The monoisotopic (exact) mass is 238 g/mol. The smallest absolute Gasteiger partial charge is 0.292 e. The van der Waals surface area contributed by atoms with Crippen molar-refractivity contribution in [1.82, 2.24) is 0 Å². The van der Waals surface area contributed by atoms with Crippen molar-refractivity contribution in [3.63, 3.8) is 0 Å². The second-order valence-electron chi connectivity index (χ2n) is 3.72. The lowest BCUT2D eigenvalue weighted by Crippen LogP contribution is -2.34. The van der Waals surface area contributed by atoms with Crippen molar-refractivity contribution >= 4 is 11.4 Å². The Bertz CT molecular complexity index is 391. The van der Waals surface area contributed by atoms with E-state index < -0.39 is 4.92 Å². The van der Waals surface area contributed by atoms with Crippen molar-refractivity contribution < 1.29 is 14.4 Å². The van der Waals surface area contributed by atoms with Gasteiger partial charge >= 0.3 is 0 Å². The maximum Gasteiger partial charge on any atom is 0.292 e. The van der Waals surface area contributed by atoms with Gasteiger partial charge in [-0.15, -0.1) is 0 Å². The SMILES string of the molecule is O=[N+]([O-])c1ccccc1NC[C@H]1COCCO1. The molecular formula is C11H14N2O4. The number of ether oxygens (including phenoxy) is 2. The lowest BCUT2D eigenvalue weighted by atomic mass is 10.2. The van der Waals surface area contributed by atoms with Crippen LogP contribution < -0.4 is 5.32 Å². The fourth-order valence-corrected chi connectivity index (χ4v) is 1.66. The number of nitrogens with one attached hydrogen (secondary N) is 1. The molecule has 0 aliphatic carbocycles. The quantitative estimate of drug-likeness (QED) is 0.634. The van der Waals surface area contributed by atoms with Crippen molar-refractivity contribution in [3.8, 4) is 0 Å². The summed E-state index contributed by atoms with van der Waals surface area (Å²) in [5, 5.41) is 13.8. The zero-order chi connectivity index (χ0) is 12.1. The second-order valence-corrected chi connectivity index (χ2v) is 3.72. The molecule has 1 aliphatic rings. The number of anilines is 1. The Morgan fingerprint density at radius 3 is 2.94 bits per heavy atom. The standard InChI is InChI=1S/C11H14N2O4/c14-13(15)11-4-2-1-3-10(11)12-7-9-8-16-5-6-17-9/h1-4,9,12H,5-8H2/t9-/m0/s1. The van der Waals surface area contributed by atoms with Crippen molar-refractivity contribution in [3.05, 3.63) is 34.4 Å². The predicted octanol–water partition coefficient (Wildman–Crippen LogP) is 1.42. The molecule has 6 heteroatoms. The van der Waals surface area contributed by atoms with E-state index >= 15 is 0 Å². The van der Waals surface area contributed by atoms with E-state index in [9.17, 15) is 10.1 Å². The highest BCUT2D eigenvalue weighted by molar-refractivity contribution is 5.61. The summed E-state index contributed by atoms with van der Waals surface area (Å²) < 4.78 is 10.7. The fraction of sp³-hybridized carbons (Fsp3) is 0.455. The molecule has 1 N–H and O–H groups in total. The van der Waals surface area contributed by atoms with E-state index in [-0.39, 0.29) is 11.8 Å². The van der Waals surface area contributed by atoms with Crippen LogP contribution in [0.25, 0.3) is 0 Å². The topological polar surface area (TPSA) is 73.6 Å².